The molecule has 4 rings (SSSR count). The van der Waals surface area contributed by atoms with E-state index in [2.05, 4.69) is 20.3 Å². The van der Waals surface area contributed by atoms with Crippen molar-refractivity contribution in [3.8, 4) is 0 Å². The number of fused-ring (bicyclic) bond motifs is 2. The molecule has 2 aliphatic heterocycles. The van der Waals surface area contributed by atoms with E-state index < -0.39 is 36.3 Å². The molecule has 0 amide bonds. The number of carboxylic acids is 1. The summed E-state index contributed by atoms with van der Waals surface area (Å²) >= 11 is 5.98. The van der Waals surface area contributed by atoms with Gasteiger partial charge in [-0.2, -0.15) is 9.97 Å². The fourth-order valence-electron chi connectivity index (χ4n) is 3.25. The summed E-state index contributed by atoms with van der Waals surface area (Å²) < 4.78 is 18.9. The van der Waals surface area contributed by atoms with Crippen molar-refractivity contribution < 1.29 is 24.1 Å². The molecule has 0 aliphatic carbocycles. The first-order valence-corrected chi connectivity index (χ1v) is 8.00. The Morgan fingerprint density at radius 2 is 2.08 bits per heavy atom. The summed E-state index contributed by atoms with van der Waals surface area (Å²) in [6.07, 6.45) is -1.79. The summed E-state index contributed by atoms with van der Waals surface area (Å²) in [6.45, 7) is 3.46. The second-order valence-electron chi connectivity index (χ2n) is 6.27. The van der Waals surface area contributed by atoms with Crippen molar-refractivity contribution in [2.45, 2.75) is 44.2 Å². The predicted molar refractivity (Wildman–Crippen MR) is 85.3 cm³/mol. The van der Waals surface area contributed by atoms with Gasteiger partial charge in [0, 0.05) is 7.05 Å². The van der Waals surface area contributed by atoms with E-state index in [0.29, 0.717) is 17.0 Å². The Bertz CT molecular complexity index is 855. The Labute approximate surface area is 147 Å². The number of ether oxygens (including phenoxy) is 3. The lowest BCUT2D eigenvalue weighted by molar-refractivity contribution is -0.202. The van der Waals surface area contributed by atoms with Gasteiger partial charge in [0.15, 0.2) is 35.1 Å². The van der Waals surface area contributed by atoms with Gasteiger partial charge in [0.25, 0.3) is 0 Å². The second kappa shape index (κ2) is 5.49. The van der Waals surface area contributed by atoms with Gasteiger partial charge in [0.2, 0.25) is 5.28 Å². The zero-order chi connectivity index (χ0) is 17.9. The Morgan fingerprint density at radius 1 is 1.36 bits per heavy atom. The lowest BCUT2D eigenvalue weighted by Crippen LogP contribution is -2.35. The van der Waals surface area contributed by atoms with Crippen LogP contribution in [0.15, 0.2) is 6.33 Å². The van der Waals surface area contributed by atoms with Gasteiger partial charge in [0.1, 0.15) is 12.2 Å². The number of anilines is 1. The fourth-order valence-corrected chi connectivity index (χ4v) is 3.41. The number of aromatic nitrogens is 4. The zero-order valence-corrected chi connectivity index (χ0v) is 14.4. The molecule has 2 N–H and O–H groups in total. The van der Waals surface area contributed by atoms with Gasteiger partial charge in [0.05, 0.1) is 6.33 Å². The Hall–Kier alpha value is -2.01. The average molecular weight is 370 g/mol. The van der Waals surface area contributed by atoms with Gasteiger partial charge in [-0.1, -0.05) is 0 Å². The van der Waals surface area contributed by atoms with Gasteiger partial charge in [-0.05, 0) is 25.4 Å². The predicted octanol–water partition coefficient (Wildman–Crippen LogP) is 1.02. The topological polar surface area (TPSA) is 121 Å². The minimum absolute atomic E-state index is 0.0341. The molecule has 25 heavy (non-hydrogen) atoms. The molecule has 2 aromatic heterocycles. The van der Waals surface area contributed by atoms with Crippen LogP contribution in [0.2, 0.25) is 5.28 Å². The molecule has 0 spiro atoms. The summed E-state index contributed by atoms with van der Waals surface area (Å²) in [4.78, 5) is 24.1. The molecule has 0 saturated carbocycles. The Kier molecular flexibility index (Phi) is 3.62. The van der Waals surface area contributed by atoms with Crippen LogP contribution in [0.4, 0.5) is 5.82 Å². The highest BCUT2D eigenvalue weighted by Gasteiger charge is 2.58. The van der Waals surface area contributed by atoms with Crippen LogP contribution in [0, 0.1) is 0 Å². The number of imidazole rings is 1. The van der Waals surface area contributed by atoms with E-state index in [1.165, 1.54) is 6.33 Å². The van der Waals surface area contributed by atoms with Crippen molar-refractivity contribution in [3.05, 3.63) is 11.6 Å². The maximum Gasteiger partial charge on any atom is 0.335 e. The molecule has 0 unspecified atom stereocenters. The third-order valence-corrected chi connectivity index (χ3v) is 4.35. The van der Waals surface area contributed by atoms with Crippen LogP contribution in [-0.2, 0) is 19.0 Å². The minimum Gasteiger partial charge on any atom is -0.479 e. The molecule has 0 aromatic carbocycles. The number of nitrogens with one attached hydrogen (secondary N) is 1. The first-order valence-electron chi connectivity index (χ1n) is 7.62. The number of hydrogen-bond donors (Lipinski definition) is 2. The SMILES string of the molecule is CNc1nc(Cl)nc2c1ncn2[C@@H]1O[C@H](C(=O)O)[C@H]2OC(C)(C)O[C@H]21. The maximum absolute atomic E-state index is 11.5. The molecule has 10 nitrogen and oxygen atoms in total. The number of rotatable bonds is 3. The molecular formula is C14H16ClN5O5. The summed E-state index contributed by atoms with van der Waals surface area (Å²) in [5, 5.41) is 12.4. The average Bonchev–Trinajstić information content (AvgIpc) is 3.16. The molecule has 2 saturated heterocycles. The molecule has 134 valence electrons. The highest BCUT2D eigenvalue weighted by Crippen LogP contribution is 2.44. The summed E-state index contributed by atoms with van der Waals surface area (Å²) in [6, 6.07) is 0. The van der Waals surface area contributed by atoms with Crippen LogP contribution in [0.5, 0.6) is 0 Å². The van der Waals surface area contributed by atoms with E-state index >= 15 is 0 Å². The molecule has 11 heteroatoms. The molecule has 2 aromatic rings. The van der Waals surface area contributed by atoms with E-state index in [9.17, 15) is 9.90 Å². The Balaban J connectivity index is 1.80. The zero-order valence-electron chi connectivity index (χ0n) is 13.6. The van der Waals surface area contributed by atoms with Crippen LogP contribution >= 0.6 is 11.6 Å². The van der Waals surface area contributed by atoms with Crippen molar-refractivity contribution in [2.75, 3.05) is 12.4 Å². The fraction of sp³-hybridized carbons (Fsp3) is 0.571. The quantitative estimate of drug-likeness (QED) is 0.763. The number of carbonyl (C=O) groups is 1. The molecule has 4 atom stereocenters. The van der Waals surface area contributed by atoms with Crippen LogP contribution in [0.3, 0.4) is 0 Å². The third kappa shape index (κ3) is 2.53. The van der Waals surface area contributed by atoms with Gasteiger partial charge in [-0.25, -0.2) is 9.78 Å². The number of nitrogens with zero attached hydrogens (tertiary/aromatic N) is 4. The second-order valence-corrected chi connectivity index (χ2v) is 6.60. The largest absolute Gasteiger partial charge is 0.479 e. The van der Waals surface area contributed by atoms with Gasteiger partial charge >= 0.3 is 5.97 Å². The van der Waals surface area contributed by atoms with Crippen LogP contribution in [-0.4, -0.2) is 61.7 Å². The minimum atomic E-state index is -1.16. The van der Waals surface area contributed by atoms with Crippen molar-refractivity contribution in [1.82, 2.24) is 19.5 Å². The highest BCUT2D eigenvalue weighted by atomic mass is 35.5. The third-order valence-electron chi connectivity index (χ3n) is 4.18. The number of halogens is 1. The van der Waals surface area contributed by atoms with Crippen LogP contribution in [0.1, 0.15) is 20.1 Å². The normalized spacial score (nSPS) is 30.6. The molecular weight excluding hydrogens is 354 g/mol. The molecule has 2 aliphatic rings. The van der Waals surface area contributed by atoms with Crippen molar-refractivity contribution >= 4 is 34.6 Å². The monoisotopic (exact) mass is 369 g/mol. The van der Waals surface area contributed by atoms with Crippen LogP contribution in [0.25, 0.3) is 11.2 Å². The summed E-state index contributed by atoms with van der Waals surface area (Å²) in [7, 11) is 1.69. The van der Waals surface area contributed by atoms with E-state index in [1.807, 2.05) is 0 Å². The summed E-state index contributed by atoms with van der Waals surface area (Å²) in [5.41, 5.74) is 0.899. The molecule has 0 bridgehead atoms. The van der Waals surface area contributed by atoms with E-state index in [-0.39, 0.29) is 5.28 Å². The highest BCUT2D eigenvalue weighted by molar-refractivity contribution is 6.28. The van der Waals surface area contributed by atoms with E-state index in [0.717, 1.165) is 0 Å². The van der Waals surface area contributed by atoms with Crippen molar-refractivity contribution in [3.63, 3.8) is 0 Å². The van der Waals surface area contributed by atoms with Crippen LogP contribution < -0.4 is 5.32 Å². The van der Waals surface area contributed by atoms with E-state index in [4.69, 9.17) is 25.8 Å². The Morgan fingerprint density at radius 3 is 2.76 bits per heavy atom. The first kappa shape index (κ1) is 16.5. The molecule has 4 heterocycles. The smallest absolute Gasteiger partial charge is 0.335 e. The van der Waals surface area contributed by atoms with Crippen molar-refractivity contribution in [1.29, 1.82) is 0 Å². The van der Waals surface area contributed by atoms with Gasteiger partial charge in [-0.15, -0.1) is 0 Å². The maximum atomic E-state index is 11.5. The molecule has 2 fully saturated rings. The van der Waals surface area contributed by atoms with Crippen molar-refractivity contribution in [2.24, 2.45) is 0 Å². The van der Waals surface area contributed by atoms with Gasteiger partial charge in [-0.3, -0.25) is 4.57 Å². The number of hydrogen-bond acceptors (Lipinski definition) is 8. The number of aliphatic carboxylic acids is 1. The summed E-state index contributed by atoms with van der Waals surface area (Å²) in [5.74, 6) is -1.57. The first-order chi connectivity index (χ1) is 11.8. The van der Waals surface area contributed by atoms with Gasteiger partial charge < -0.3 is 24.6 Å². The lowest BCUT2D eigenvalue weighted by Gasteiger charge is -2.23. The van der Waals surface area contributed by atoms with E-state index in [1.54, 1.807) is 25.5 Å². The lowest BCUT2D eigenvalue weighted by atomic mass is 10.1. The number of carboxylic acid groups (broad SMARTS) is 1. The molecule has 0 radical (unpaired) electrons. The standard InChI is InChI=1S/C14H16ClN5O5/c1-14(2)24-6-7(25-14)11(23-8(6)12(21)22)20-4-17-5-9(16-3)18-13(15)19-10(5)20/h4,6-8,11H,1-3H3,(H,21,22)(H,16,18,19)/t6-,7+,8-,11+/m0/s1.